The summed E-state index contributed by atoms with van der Waals surface area (Å²) in [6, 6.07) is 3.21. The minimum absolute atomic E-state index is 0.108. The second-order valence-electron chi connectivity index (χ2n) is 7.63. The number of hydrogen-bond acceptors (Lipinski definition) is 6. The molecular weight excluding hydrogens is 386 g/mol. The molecule has 0 aliphatic carbocycles. The molecule has 1 unspecified atom stereocenters. The van der Waals surface area contributed by atoms with Crippen LogP contribution in [0.1, 0.15) is 28.8 Å². The average molecular weight is 415 g/mol. The monoisotopic (exact) mass is 415 g/mol. The highest BCUT2D eigenvalue weighted by Gasteiger charge is 2.24. The van der Waals surface area contributed by atoms with Crippen LogP contribution in [-0.2, 0) is 18.4 Å². The lowest BCUT2D eigenvalue weighted by molar-refractivity contribution is -0.117. The number of benzene rings is 1. The van der Waals surface area contributed by atoms with E-state index >= 15 is 0 Å². The third kappa shape index (κ3) is 5.29. The van der Waals surface area contributed by atoms with Gasteiger partial charge in [-0.05, 0) is 38.1 Å². The minimum atomic E-state index is -0.285. The van der Waals surface area contributed by atoms with Crippen LogP contribution >= 0.6 is 0 Å². The summed E-state index contributed by atoms with van der Waals surface area (Å²) in [4.78, 5) is 27.5. The summed E-state index contributed by atoms with van der Waals surface area (Å²) in [7, 11) is 6.87. The fourth-order valence-electron chi connectivity index (χ4n) is 3.69. The Bertz CT molecular complexity index is 911. The van der Waals surface area contributed by atoms with Gasteiger partial charge >= 0.3 is 0 Å². The number of rotatable bonds is 8. The van der Waals surface area contributed by atoms with Crippen molar-refractivity contribution in [3.05, 3.63) is 35.7 Å². The highest BCUT2D eigenvalue weighted by Crippen LogP contribution is 2.37. The summed E-state index contributed by atoms with van der Waals surface area (Å²) >= 11 is 0. The summed E-state index contributed by atoms with van der Waals surface area (Å²) in [6.07, 6.45) is 4.95. The van der Waals surface area contributed by atoms with E-state index in [2.05, 4.69) is 27.7 Å². The molecule has 9 heteroatoms. The summed E-state index contributed by atoms with van der Waals surface area (Å²) in [5.74, 6) is 0.700. The molecule has 2 N–H and O–H groups in total. The van der Waals surface area contributed by atoms with Crippen molar-refractivity contribution in [1.29, 1.82) is 0 Å². The molecule has 1 aromatic carbocycles. The van der Waals surface area contributed by atoms with E-state index in [0.29, 0.717) is 41.6 Å². The second-order valence-corrected chi connectivity index (χ2v) is 7.63. The van der Waals surface area contributed by atoms with Crippen molar-refractivity contribution in [1.82, 2.24) is 20.0 Å². The zero-order valence-corrected chi connectivity index (χ0v) is 17.9. The Labute approximate surface area is 176 Å². The molecule has 1 aromatic heterocycles. The van der Waals surface area contributed by atoms with Crippen molar-refractivity contribution < 1.29 is 19.1 Å². The van der Waals surface area contributed by atoms with Gasteiger partial charge in [-0.15, -0.1) is 0 Å². The minimum Gasteiger partial charge on any atom is -0.493 e. The van der Waals surface area contributed by atoms with Crippen molar-refractivity contribution in [2.75, 3.05) is 39.7 Å². The molecule has 30 heavy (non-hydrogen) atoms. The van der Waals surface area contributed by atoms with Crippen LogP contribution in [0.15, 0.2) is 24.5 Å². The Balaban J connectivity index is 1.74. The van der Waals surface area contributed by atoms with Crippen molar-refractivity contribution >= 4 is 17.5 Å². The number of likely N-dealkylation sites (tertiary alicyclic amines) is 1. The zero-order valence-electron chi connectivity index (χ0n) is 17.9. The summed E-state index contributed by atoms with van der Waals surface area (Å²) in [5, 5.41) is 9.84. The molecular formula is C21H29N5O4. The lowest BCUT2D eigenvalue weighted by Crippen LogP contribution is -2.23. The molecule has 1 saturated heterocycles. The first-order valence-electron chi connectivity index (χ1n) is 9.89. The molecule has 0 spiro atoms. The molecule has 9 nitrogen and oxygen atoms in total. The molecule has 1 aliphatic rings. The van der Waals surface area contributed by atoms with Gasteiger partial charge in [0, 0.05) is 43.9 Å². The Morgan fingerprint density at radius 3 is 2.63 bits per heavy atom. The first kappa shape index (κ1) is 21.6. The number of aromatic nitrogens is 2. The summed E-state index contributed by atoms with van der Waals surface area (Å²) < 4.78 is 12.5. The van der Waals surface area contributed by atoms with E-state index < -0.39 is 0 Å². The number of nitrogens with zero attached hydrogens (tertiary/aromatic N) is 3. The standard InChI is InChI=1S/C21H29N5O4/c1-25-6-5-14(12-25)7-19(27)24-17-8-16(9-18(29-3)20(17)30-4)21(28)22-10-15-11-23-26(2)13-15/h8-9,11,13-14H,5-7,10,12H2,1-4H3,(H,22,28)(H,24,27). The van der Waals surface area contributed by atoms with Gasteiger partial charge in [-0.3, -0.25) is 14.3 Å². The van der Waals surface area contributed by atoms with Crippen LogP contribution in [0.25, 0.3) is 0 Å². The molecule has 2 heterocycles. The second kappa shape index (κ2) is 9.62. The summed E-state index contributed by atoms with van der Waals surface area (Å²) in [6.45, 7) is 2.25. The number of hydrogen-bond donors (Lipinski definition) is 2. The van der Waals surface area contributed by atoms with E-state index in [1.165, 1.54) is 14.2 Å². The number of ether oxygens (including phenoxy) is 2. The molecule has 162 valence electrons. The molecule has 1 atom stereocenters. The topological polar surface area (TPSA) is 97.7 Å². The van der Waals surface area contributed by atoms with Crippen molar-refractivity contribution in [3.63, 3.8) is 0 Å². The van der Waals surface area contributed by atoms with E-state index in [9.17, 15) is 9.59 Å². The number of anilines is 1. The van der Waals surface area contributed by atoms with E-state index in [0.717, 1.165) is 25.1 Å². The van der Waals surface area contributed by atoms with Crippen LogP contribution in [0.5, 0.6) is 11.5 Å². The van der Waals surface area contributed by atoms with E-state index in [-0.39, 0.29) is 11.8 Å². The SMILES string of the molecule is COc1cc(C(=O)NCc2cnn(C)c2)cc(NC(=O)CC2CCN(C)C2)c1OC. The van der Waals surface area contributed by atoms with Crippen LogP contribution in [0.4, 0.5) is 5.69 Å². The van der Waals surface area contributed by atoms with Crippen LogP contribution in [0, 0.1) is 5.92 Å². The molecule has 1 aliphatic heterocycles. The van der Waals surface area contributed by atoms with Gasteiger partial charge in [-0.1, -0.05) is 0 Å². The maximum Gasteiger partial charge on any atom is 0.251 e. The smallest absolute Gasteiger partial charge is 0.251 e. The maximum atomic E-state index is 12.7. The largest absolute Gasteiger partial charge is 0.493 e. The Hall–Kier alpha value is -3.07. The molecule has 0 radical (unpaired) electrons. The summed E-state index contributed by atoms with van der Waals surface area (Å²) in [5.41, 5.74) is 1.67. The van der Waals surface area contributed by atoms with Gasteiger partial charge in [0.25, 0.3) is 5.91 Å². The van der Waals surface area contributed by atoms with Crippen molar-refractivity contribution in [3.8, 4) is 11.5 Å². The number of nitrogens with one attached hydrogen (secondary N) is 2. The van der Waals surface area contributed by atoms with Crippen LogP contribution in [0.2, 0.25) is 0 Å². The third-order valence-corrected chi connectivity index (χ3v) is 5.19. The fourth-order valence-corrected chi connectivity index (χ4v) is 3.69. The molecule has 0 saturated carbocycles. The van der Waals surface area contributed by atoms with Gasteiger partial charge in [0.05, 0.1) is 26.1 Å². The van der Waals surface area contributed by atoms with E-state index in [4.69, 9.17) is 9.47 Å². The molecule has 3 rings (SSSR count). The number of carbonyl (C=O) groups excluding carboxylic acids is 2. The van der Waals surface area contributed by atoms with Crippen LogP contribution < -0.4 is 20.1 Å². The number of amides is 2. The highest BCUT2D eigenvalue weighted by molar-refractivity contribution is 5.99. The van der Waals surface area contributed by atoms with Crippen molar-refractivity contribution in [2.24, 2.45) is 13.0 Å². The average Bonchev–Trinajstić information content (AvgIpc) is 3.32. The van der Waals surface area contributed by atoms with Gasteiger partial charge in [0.1, 0.15) is 0 Å². The van der Waals surface area contributed by atoms with Gasteiger partial charge in [-0.25, -0.2) is 0 Å². The first-order chi connectivity index (χ1) is 14.4. The quantitative estimate of drug-likeness (QED) is 0.680. The molecule has 2 amide bonds. The predicted octanol–water partition coefficient (Wildman–Crippen LogP) is 1.65. The van der Waals surface area contributed by atoms with E-state index in [1.807, 2.05) is 13.2 Å². The zero-order chi connectivity index (χ0) is 21.7. The number of methoxy groups -OCH3 is 2. The molecule has 1 fully saturated rings. The lowest BCUT2D eigenvalue weighted by atomic mass is 10.0. The lowest BCUT2D eigenvalue weighted by Gasteiger charge is -2.17. The highest BCUT2D eigenvalue weighted by atomic mass is 16.5. The van der Waals surface area contributed by atoms with E-state index in [1.54, 1.807) is 23.0 Å². The first-order valence-corrected chi connectivity index (χ1v) is 9.89. The van der Waals surface area contributed by atoms with Gasteiger partial charge in [0.15, 0.2) is 11.5 Å². The molecule has 2 aromatic rings. The Morgan fingerprint density at radius 1 is 1.23 bits per heavy atom. The Kier molecular flexibility index (Phi) is 6.94. The predicted molar refractivity (Wildman–Crippen MR) is 113 cm³/mol. The van der Waals surface area contributed by atoms with Crippen molar-refractivity contribution in [2.45, 2.75) is 19.4 Å². The van der Waals surface area contributed by atoms with Gasteiger partial charge in [0.2, 0.25) is 5.91 Å². The Morgan fingerprint density at radius 2 is 2.03 bits per heavy atom. The van der Waals surface area contributed by atoms with Gasteiger partial charge in [-0.2, -0.15) is 5.10 Å². The third-order valence-electron chi connectivity index (χ3n) is 5.19. The number of carbonyl (C=O) groups is 2. The maximum absolute atomic E-state index is 12.7. The molecule has 0 bridgehead atoms. The fraction of sp³-hybridized carbons (Fsp3) is 0.476. The normalized spacial score (nSPS) is 16.3. The van der Waals surface area contributed by atoms with Crippen LogP contribution in [-0.4, -0.2) is 60.9 Å². The number of aryl methyl sites for hydroxylation is 1. The van der Waals surface area contributed by atoms with Crippen LogP contribution in [0.3, 0.4) is 0 Å². The van der Waals surface area contributed by atoms with Gasteiger partial charge < -0.3 is 25.0 Å².